The number of alkyl halides is 3. The van der Waals surface area contributed by atoms with Crippen molar-refractivity contribution >= 4 is 11.6 Å². The summed E-state index contributed by atoms with van der Waals surface area (Å²) in [6.45, 7) is 1.67. The Morgan fingerprint density at radius 2 is 2.00 bits per heavy atom. The summed E-state index contributed by atoms with van der Waals surface area (Å²) < 4.78 is 45.3. The third-order valence-corrected chi connectivity index (χ3v) is 2.19. The molecule has 0 unspecified atom stereocenters. The number of aromatic nitrogens is 1. The molecule has 0 atom stereocenters. The average Bonchev–Trinajstić information content (AvgIpc) is 2.61. The van der Waals surface area contributed by atoms with Gasteiger partial charge in [0.1, 0.15) is 11.5 Å². The lowest BCUT2D eigenvalue weighted by Crippen LogP contribution is -2.17. The molecular formula is C11H7ClF3NO2. The first kappa shape index (κ1) is 12.8. The van der Waals surface area contributed by atoms with Crippen LogP contribution in [0.15, 0.2) is 28.8 Å². The minimum absolute atomic E-state index is 0.0996. The third kappa shape index (κ3) is 3.16. The zero-order valence-electron chi connectivity index (χ0n) is 9.08. The van der Waals surface area contributed by atoms with Crippen LogP contribution >= 0.6 is 11.6 Å². The largest absolute Gasteiger partial charge is 0.573 e. The summed E-state index contributed by atoms with van der Waals surface area (Å²) in [6, 6.07) is 3.66. The molecule has 0 radical (unpaired) electrons. The normalized spacial score (nSPS) is 11.6. The summed E-state index contributed by atoms with van der Waals surface area (Å²) >= 11 is 5.72. The van der Waals surface area contributed by atoms with Gasteiger partial charge in [0, 0.05) is 10.6 Å². The van der Waals surface area contributed by atoms with Crippen LogP contribution in [0.3, 0.4) is 0 Å². The highest BCUT2D eigenvalue weighted by molar-refractivity contribution is 6.31. The fourth-order valence-electron chi connectivity index (χ4n) is 1.37. The van der Waals surface area contributed by atoms with E-state index in [4.69, 9.17) is 16.0 Å². The number of benzene rings is 1. The molecule has 0 bridgehead atoms. The van der Waals surface area contributed by atoms with Gasteiger partial charge >= 0.3 is 6.36 Å². The van der Waals surface area contributed by atoms with Gasteiger partial charge in [-0.15, -0.1) is 13.2 Å². The van der Waals surface area contributed by atoms with Crippen LogP contribution in [0.2, 0.25) is 5.02 Å². The Balaban J connectivity index is 2.38. The van der Waals surface area contributed by atoms with Crippen molar-refractivity contribution < 1.29 is 22.3 Å². The molecule has 0 N–H and O–H groups in total. The molecule has 0 spiro atoms. The molecule has 1 aromatic carbocycles. The summed E-state index contributed by atoms with van der Waals surface area (Å²) in [5, 5.41) is 0.0996. The van der Waals surface area contributed by atoms with Gasteiger partial charge in [0.05, 0.1) is 6.20 Å². The molecule has 3 nitrogen and oxygen atoms in total. The Kier molecular flexibility index (Phi) is 3.21. The highest BCUT2D eigenvalue weighted by Gasteiger charge is 2.31. The zero-order chi connectivity index (χ0) is 13.3. The van der Waals surface area contributed by atoms with E-state index in [1.165, 1.54) is 12.3 Å². The van der Waals surface area contributed by atoms with Crippen molar-refractivity contribution in [1.29, 1.82) is 0 Å². The summed E-state index contributed by atoms with van der Waals surface area (Å²) in [6.07, 6.45) is -3.31. The van der Waals surface area contributed by atoms with Crippen LogP contribution in [0.4, 0.5) is 13.2 Å². The molecule has 0 amide bonds. The quantitative estimate of drug-likeness (QED) is 0.825. The second kappa shape index (κ2) is 4.53. The van der Waals surface area contributed by atoms with Crippen LogP contribution in [-0.2, 0) is 0 Å². The molecule has 0 aliphatic rings. The summed E-state index contributed by atoms with van der Waals surface area (Å²) in [5.41, 5.74) is 0.315. The monoisotopic (exact) mass is 277 g/mol. The first-order valence-electron chi connectivity index (χ1n) is 4.82. The summed E-state index contributed by atoms with van der Waals surface area (Å²) in [7, 11) is 0. The van der Waals surface area contributed by atoms with Crippen molar-refractivity contribution in [2.45, 2.75) is 13.3 Å². The Hall–Kier alpha value is -1.69. The Morgan fingerprint density at radius 1 is 1.28 bits per heavy atom. The van der Waals surface area contributed by atoms with E-state index in [0.29, 0.717) is 11.3 Å². The molecule has 1 aromatic heterocycles. The molecule has 18 heavy (non-hydrogen) atoms. The molecule has 0 saturated heterocycles. The Bertz CT molecular complexity index is 566. The van der Waals surface area contributed by atoms with Gasteiger partial charge in [-0.3, -0.25) is 0 Å². The van der Waals surface area contributed by atoms with Crippen molar-refractivity contribution in [3.05, 3.63) is 35.2 Å². The highest BCUT2D eigenvalue weighted by atomic mass is 35.5. The van der Waals surface area contributed by atoms with Crippen molar-refractivity contribution in [3.8, 4) is 17.2 Å². The van der Waals surface area contributed by atoms with Crippen molar-refractivity contribution in [1.82, 2.24) is 4.98 Å². The van der Waals surface area contributed by atoms with Gasteiger partial charge in [0.2, 0.25) is 5.89 Å². The number of rotatable bonds is 2. The molecule has 0 aliphatic carbocycles. The zero-order valence-corrected chi connectivity index (χ0v) is 9.84. The van der Waals surface area contributed by atoms with Gasteiger partial charge in [-0.25, -0.2) is 4.98 Å². The maximum Gasteiger partial charge on any atom is 0.573 e. The lowest BCUT2D eigenvalue weighted by atomic mass is 10.2. The van der Waals surface area contributed by atoms with Crippen LogP contribution < -0.4 is 4.74 Å². The summed E-state index contributed by atoms with van der Waals surface area (Å²) in [5.74, 6) is 0.311. The van der Waals surface area contributed by atoms with Crippen LogP contribution in [0, 0.1) is 6.92 Å². The topological polar surface area (TPSA) is 35.3 Å². The number of hydrogen-bond acceptors (Lipinski definition) is 3. The van der Waals surface area contributed by atoms with E-state index < -0.39 is 12.1 Å². The fourth-order valence-corrected chi connectivity index (χ4v) is 1.59. The minimum atomic E-state index is -4.77. The van der Waals surface area contributed by atoms with E-state index in [2.05, 4.69) is 9.72 Å². The lowest BCUT2D eigenvalue weighted by Gasteiger charge is -2.09. The van der Waals surface area contributed by atoms with E-state index in [1.54, 1.807) is 6.92 Å². The van der Waals surface area contributed by atoms with Gasteiger partial charge in [-0.1, -0.05) is 11.6 Å². The van der Waals surface area contributed by atoms with E-state index in [0.717, 1.165) is 12.1 Å². The van der Waals surface area contributed by atoms with E-state index in [-0.39, 0.29) is 10.9 Å². The summed E-state index contributed by atoms with van der Waals surface area (Å²) in [4.78, 5) is 3.90. The van der Waals surface area contributed by atoms with E-state index >= 15 is 0 Å². The smallest absolute Gasteiger partial charge is 0.441 e. The Morgan fingerprint density at radius 3 is 2.56 bits per heavy atom. The number of oxazole rings is 1. The van der Waals surface area contributed by atoms with Crippen LogP contribution in [0.5, 0.6) is 5.75 Å². The molecular weight excluding hydrogens is 271 g/mol. The highest BCUT2D eigenvalue weighted by Crippen LogP contribution is 2.31. The SMILES string of the molecule is Cc1cnc(-c2cc(Cl)cc(OC(F)(F)F)c2)o1. The van der Waals surface area contributed by atoms with Gasteiger partial charge in [-0.05, 0) is 25.1 Å². The molecule has 96 valence electrons. The molecule has 7 heteroatoms. The molecule has 0 saturated carbocycles. The van der Waals surface area contributed by atoms with Gasteiger partial charge < -0.3 is 9.15 Å². The van der Waals surface area contributed by atoms with Crippen molar-refractivity contribution in [2.24, 2.45) is 0 Å². The molecule has 0 aliphatic heterocycles. The van der Waals surface area contributed by atoms with Crippen LogP contribution in [-0.4, -0.2) is 11.3 Å². The van der Waals surface area contributed by atoms with Gasteiger partial charge in [0.15, 0.2) is 0 Å². The first-order chi connectivity index (χ1) is 8.33. The van der Waals surface area contributed by atoms with Gasteiger partial charge in [-0.2, -0.15) is 0 Å². The number of halogens is 4. The number of ether oxygens (including phenoxy) is 1. The van der Waals surface area contributed by atoms with Crippen molar-refractivity contribution in [2.75, 3.05) is 0 Å². The number of hydrogen-bond donors (Lipinski definition) is 0. The maximum atomic E-state index is 12.1. The lowest BCUT2D eigenvalue weighted by molar-refractivity contribution is -0.274. The molecule has 2 rings (SSSR count). The van der Waals surface area contributed by atoms with Crippen LogP contribution in [0.1, 0.15) is 5.76 Å². The number of nitrogens with zero attached hydrogens (tertiary/aromatic N) is 1. The second-order valence-corrected chi connectivity index (χ2v) is 3.94. The van der Waals surface area contributed by atoms with E-state index in [1.807, 2.05) is 0 Å². The van der Waals surface area contributed by atoms with E-state index in [9.17, 15) is 13.2 Å². The average molecular weight is 278 g/mol. The molecule has 2 aromatic rings. The van der Waals surface area contributed by atoms with Gasteiger partial charge in [0.25, 0.3) is 0 Å². The first-order valence-corrected chi connectivity index (χ1v) is 5.20. The standard InChI is InChI=1S/C11H7ClF3NO2/c1-6-5-16-10(17-6)7-2-8(12)4-9(3-7)18-11(13,14)15/h2-5H,1H3. The predicted molar refractivity (Wildman–Crippen MR) is 58.4 cm³/mol. The number of aryl methyl sites for hydroxylation is 1. The molecule has 0 fully saturated rings. The maximum absolute atomic E-state index is 12.1. The van der Waals surface area contributed by atoms with Crippen molar-refractivity contribution in [3.63, 3.8) is 0 Å². The third-order valence-electron chi connectivity index (χ3n) is 1.97. The minimum Gasteiger partial charge on any atom is -0.441 e. The Labute approximate surface area is 105 Å². The second-order valence-electron chi connectivity index (χ2n) is 3.50. The predicted octanol–water partition coefficient (Wildman–Crippen LogP) is 4.20. The van der Waals surface area contributed by atoms with Crippen LogP contribution in [0.25, 0.3) is 11.5 Å². The fraction of sp³-hybridized carbons (Fsp3) is 0.182. The molecule has 1 heterocycles.